The molecule has 0 spiro atoms. The zero-order valence-electron chi connectivity index (χ0n) is 22.8. The van der Waals surface area contributed by atoms with Crippen molar-refractivity contribution in [2.45, 2.75) is 52.8 Å². The fourth-order valence-corrected chi connectivity index (χ4v) is 4.10. The molecule has 1 amide bonds. The molecule has 12 heteroatoms. The molecule has 3 aromatic heterocycles. The van der Waals surface area contributed by atoms with Crippen LogP contribution < -0.4 is 15.0 Å². The number of piperazine rings is 1. The van der Waals surface area contributed by atoms with Crippen LogP contribution in [-0.4, -0.2) is 81.6 Å². The third kappa shape index (κ3) is 6.68. The second kappa shape index (κ2) is 11.6. The minimum Gasteiger partial charge on any atom is -0.465 e. The molecule has 0 bridgehead atoms. The molecule has 1 unspecified atom stereocenters. The van der Waals surface area contributed by atoms with E-state index in [0.29, 0.717) is 43.3 Å². The largest absolute Gasteiger partial charge is 0.465 e. The van der Waals surface area contributed by atoms with Gasteiger partial charge in [0.15, 0.2) is 18.4 Å². The highest BCUT2D eigenvalue weighted by Crippen LogP contribution is 2.30. The minimum absolute atomic E-state index is 0.0262. The van der Waals surface area contributed by atoms with Crippen LogP contribution in [0.4, 0.5) is 16.3 Å². The monoisotopic (exact) mass is 524 g/mol. The van der Waals surface area contributed by atoms with E-state index >= 15 is 0 Å². The fourth-order valence-electron chi connectivity index (χ4n) is 4.10. The van der Waals surface area contributed by atoms with E-state index in [0.717, 1.165) is 22.8 Å². The Morgan fingerprint density at radius 1 is 1.24 bits per heavy atom. The van der Waals surface area contributed by atoms with Gasteiger partial charge in [-0.15, -0.1) is 10.2 Å². The predicted octanol–water partition coefficient (Wildman–Crippen LogP) is 3.61. The van der Waals surface area contributed by atoms with E-state index in [9.17, 15) is 4.79 Å². The van der Waals surface area contributed by atoms with Crippen molar-refractivity contribution in [3.8, 4) is 17.1 Å². The number of nitrogens with one attached hydrogen (secondary N) is 2. The number of methoxy groups -OCH3 is 1. The Morgan fingerprint density at radius 3 is 2.68 bits per heavy atom. The molecule has 4 rings (SSSR count). The van der Waals surface area contributed by atoms with Gasteiger partial charge in [-0.1, -0.05) is 0 Å². The van der Waals surface area contributed by atoms with Crippen LogP contribution >= 0.6 is 0 Å². The molecular weight excluding hydrogens is 488 g/mol. The Bertz CT molecular complexity index is 1220. The van der Waals surface area contributed by atoms with Crippen LogP contribution in [0.15, 0.2) is 30.6 Å². The van der Waals surface area contributed by atoms with Crippen LogP contribution in [0.25, 0.3) is 11.4 Å². The first kappa shape index (κ1) is 27.1. The lowest BCUT2D eigenvalue weighted by atomic mass is 10.2. The normalized spacial score (nSPS) is 15.9. The van der Waals surface area contributed by atoms with Gasteiger partial charge in [0.25, 0.3) is 0 Å². The minimum atomic E-state index is -0.526. The number of H-pyrrole nitrogens is 1. The molecule has 204 valence electrons. The van der Waals surface area contributed by atoms with Crippen LogP contribution in [-0.2, 0) is 16.0 Å². The molecule has 2 N–H and O–H groups in total. The summed E-state index contributed by atoms with van der Waals surface area (Å²) in [6.45, 7) is 12.0. The fraction of sp³-hybridized carbons (Fsp3) is 0.500. The standard InChI is InChI=1S/C26H36N8O4/c1-17-15-33(9-10-34(17)25(35)38-26(3,4)5)23-8-7-21(31-32-23)24-22(37-16-36-6)11-20(14-28-24)27-12-19-13-29-30-18(19)2/h7-8,11,13-14,17,27H,9-10,12,15-16H2,1-6H3,(H,29,30). The number of aromatic amines is 1. The number of carbonyl (C=O) groups is 1. The topological polar surface area (TPSA) is 131 Å². The maximum absolute atomic E-state index is 12.5. The molecule has 3 aromatic rings. The molecule has 1 atom stereocenters. The average molecular weight is 525 g/mol. The van der Waals surface area contributed by atoms with Gasteiger partial charge in [0, 0.05) is 57.2 Å². The third-order valence-corrected chi connectivity index (χ3v) is 6.08. The molecule has 0 saturated carbocycles. The number of ether oxygens (including phenoxy) is 3. The summed E-state index contributed by atoms with van der Waals surface area (Å²) in [5, 5.41) is 19.2. The molecular formula is C26H36N8O4. The molecule has 0 aromatic carbocycles. The van der Waals surface area contributed by atoms with Gasteiger partial charge in [-0.05, 0) is 46.8 Å². The first-order valence-corrected chi connectivity index (χ1v) is 12.6. The Balaban J connectivity index is 1.45. The lowest BCUT2D eigenvalue weighted by Crippen LogP contribution is -2.55. The van der Waals surface area contributed by atoms with Gasteiger partial charge < -0.3 is 29.3 Å². The molecule has 1 aliphatic heterocycles. The number of nitrogens with zero attached hydrogens (tertiary/aromatic N) is 6. The summed E-state index contributed by atoms with van der Waals surface area (Å²) in [6, 6.07) is 5.62. The number of aromatic nitrogens is 5. The van der Waals surface area contributed by atoms with E-state index in [1.54, 1.807) is 18.2 Å². The summed E-state index contributed by atoms with van der Waals surface area (Å²) in [5.41, 5.74) is 3.42. The molecule has 38 heavy (non-hydrogen) atoms. The summed E-state index contributed by atoms with van der Waals surface area (Å²) in [6.07, 6.45) is 3.30. The van der Waals surface area contributed by atoms with Gasteiger partial charge in [-0.2, -0.15) is 5.10 Å². The molecule has 1 fully saturated rings. The van der Waals surface area contributed by atoms with E-state index in [-0.39, 0.29) is 18.9 Å². The van der Waals surface area contributed by atoms with E-state index in [4.69, 9.17) is 14.2 Å². The van der Waals surface area contributed by atoms with Crippen molar-refractivity contribution >= 4 is 17.6 Å². The van der Waals surface area contributed by atoms with Gasteiger partial charge in [0.1, 0.15) is 17.0 Å². The van der Waals surface area contributed by atoms with Crippen LogP contribution in [0, 0.1) is 6.92 Å². The zero-order chi connectivity index (χ0) is 27.3. The van der Waals surface area contributed by atoms with Crippen LogP contribution in [0.3, 0.4) is 0 Å². The van der Waals surface area contributed by atoms with Crippen molar-refractivity contribution < 1.29 is 19.0 Å². The average Bonchev–Trinajstić information content (AvgIpc) is 3.29. The highest BCUT2D eigenvalue weighted by Gasteiger charge is 2.31. The maximum Gasteiger partial charge on any atom is 0.410 e. The van der Waals surface area contributed by atoms with Crippen molar-refractivity contribution in [3.05, 3.63) is 41.9 Å². The summed E-state index contributed by atoms with van der Waals surface area (Å²) < 4.78 is 16.5. The van der Waals surface area contributed by atoms with Crippen molar-refractivity contribution in [3.63, 3.8) is 0 Å². The van der Waals surface area contributed by atoms with E-state index in [1.807, 2.05) is 59.0 Å². The van der Waals surface area contributed by atoms with Crippen LogP contribution in [0.2, 0.25) is 0 Å². The van der Waals surface area contributed by atoms with Crippen molar-refractivity contribution in [1.82, 2.24) is 30.3 Å². The predicted molar refractivity (Wildman–Crippen MR) is 143 cm³/mol. The second-order valence-electron chi connectivity index (χ2n) is 10.2. The molecule has 1 aliphatic rings. The van der Waals surface area contributed by atoms with E-state index in [1.165, 1.54) is 0 Å². The Labute approximate surface area is 222 Å². The second-order valence-corrected chi connectivity index (χ2v) is 10.2. The summed E-state index contributed by atoms with van der Waals surface area (Å²) >= 11 is 0. The molecule has 0 aliphatic carbocycles. The number of amides is 1. The number of pyridine rings is 1. The van der Waals surface area contributed by atoms with Gasteiger partial charge in [0.05, 0.1) is 17.6 Å². The highest BCUT2D eigenvalue weighted by atomic mass is 16.7. The Hall–Kier alpha value is -3.93. The summed E-state index contributed by atoms with van der Waals surface area (Å²) in [4.78, 5) is 21.0. The van der Waals surface area contributed by atoms with Gasteiger partial charge in [-0.25, -0.2) is 9.78 Å². The van der Waals surface area contributed by atoms with Gasteiger partial charge >= 0.3 is 6.09 Å². The SMILES string of the molecule is COCOc1cc(NCc2c[nH]nc2C)cnc1-c1ccc(N2CCN(C(=O)OC(C)(C)C)C(C)C2)nn1. The molecule has 4 heterocycles. The zero-order valence-corrected chi connectivity index (χ0v) is 22.8. The lowest BCUT2D eigenvalue weighted by Gasteiger charge is -2.40. The van der Waals surface area contributed by atoms with E-state index < -0.39 is 5.60 Å². The summed E-state index contributed by atoms with van der Waals surface area (Å²) in [5.74, 6) is 1.26. The van der Waals surface area contributed by atoms with E-state index in [2.05, 4.69) is 35.6 Å². The lowest BCUT2D eigenvalue weighted by molar-refractivity contribution is 0.0158. The first-order valence-electron chi connectivity index (χ1n) is 12.6. The smallest absolute Gasteiger partial charge is 0.410 e. The maximum atomic E-state index is 12.5. The number of anilines is 2. The van der Waals surface area contributed by atoms with Crippen LogP contribution in [0.5, 0.6) is 5.75 Å². The number of carbonyl (C=O) groups excluding carboxylic acids is 1. The third-order valence-electron chi connectivity index (χ3n) is 6.08. The number of hydrogen-bond acceptors (Lipinski definition) is 10. The first-order chi connectivity index (χ1) is 18.1. The Kier molecular flexibility index (Phi) is 8.30. The Morgan fingerprint density at radius 2 is 2.05 bits per heavy atom. The number of aryl methyl sites for hydroxylation is 1. The van der Waals surface area contributed by atoms with Crippen molar-refractivity contribution in [2.24, 2.45) is 0 Å². The highest BCUT2D eigenvalue weighted by molar-refractivity contribution is 5.69. The van der Waals surface area contributed by atoms with Crippen molar-refractivity contribution in [2.75, 3.05) is 43.8 Å². The van der Waals surface area contributed by atoms with Gasteiger partial charge in [0.2, 0.25) is 0 Å². The quantitative estimate of drug-likeness (QED) is 0.421. The summed E-state index contributed by atoms with van der Waals surface area (Å²) in [7, 11) is 1.56. The van der Waals surface area contributed by atoms with Gasteiger partial charge in [-0.3, -0.25) is 5.10 Å². The molecule has 1 saturated heterocycles. The number of rotatable bonds is 8. The van der Waals surface area contributed by atoms with Crippen LogP contribution in [0.1, 0.15) is 39.0 Å². The van der Waals surface area contributed by atoms with Crippen molar-refractivity contribution in [1.29, 1.82) is 0 Å². The number of hydrogen-bond donors (Lipinski definition) is 2. The molecule has 0 radical (unpaired) electrons. The molecule has 12 nitrogen and oxygen atoms in total.